The van der Waals surface area contributed by atoms with Gasteiger partial charge in [-0.2, -0.15) is 0 Å². The van der Waals surface area contributed by atoms with Crippen molar-refractivity contribution in [1.29, 1.82) is 0 Å². The van der Waals surface area contributed by atoms with Crippen molar-refractivity contribution in [1.82, 2.24) is 0 Å². The molecule has 2 N–H and O–H groups in total. The van der Waals surface area contributed by atoms with Gasteiger partial charge in [-0.3, -0.25) is 0 Å². The van der Waals surface area contributed by atoms with Crippen LogP contribution < -0.4 is 5.73 Å². The standard InChI is InChI=1S/C12H17ClFNO/c1-9(12(13)5-6-15)16-8-10-3-2-4-11(14)7-10/h2-4,7,9,12H,5-6,8,15H2,1H3. The van der Waals surface area contributed by atoms with Gasteiger partial charge in [0.15, 0.2) is 0 Å². The van der Waals surface area contributed by atoms with Gasteiger partial charge in [-0.1, -0.05) is 12.1 Å². The smallest absolute Gasteiger partial charge is 0.123 e. The average molecular weight is 246 g/mol. The minimum absolute atomic E-state index is 0.0894. The first kappa shape index (κ1) is 13.4. The minimum atomic E-state index is -0.252. The lowest BCUT2D eigenvalue weighted by Gasteiger charge is -2.18. The number of hydrogen-bond donors (Lipinski definition) is 1. The highest BCUT2D eigenvalue weighted by Crippen LogP contribution is 2.13. The molecule has 4 heteroatoms. The zero-order chi connectivity index (χ0) is 12.0. The Bertz CT molecular complexity index is 322. The van der Waals surface area contributed by atoms with Crippen LogP contribution in [-0.2, 0) is 11.3 Å². The van der Waals surface area contributed by atoms with Crippen LogP contribution >= 0.6 is 11.6 Å². The van der Waals surface area contributed by atoms with Crippen molar-refractivity contribution in [3.05, 3.63) is 35.6 Å². The second-order valence-corrected chi connectivity index (χ2v) is 4.30. The molecule has 1 aromatic rings. The van der Waals surface area contributed by atoms with Gasteiger partial charge in [-0.25, -0.2) is 4.39 Å². The Morgan fingerprint density at radius 1 is 1.50 bits per heavy atom. The molecule has 1 rings (SSSR count). The zero-order valence-corrected chi connectivity index (χ0v) is 10.1. The molecule has 2 atom stereocenters. The number of ether oxygens (including phenoxy) is 1. The lowest BCUT2D eigenvalue weighted by Crippen LogP contribution is -2.23. The Hall–Kier alpha value is -0.640. The molecule has 0 amide bonds. The fourth-order valence-electron chi connectivity index (χ4n) is 1.35. The van der Waals surface area contributed by atoms with Gasteiger partial charge in [0, 0.05) is 0 Å². The maximum atomic E-state index is 12.9. The molecule has 2 unspecified atom stereocenters. The highest BCUT2D eigenvalue weighted by molar-refractivity contribution is 6.21. The summed E-state index contributed by atoms with van der Waals surface area (Å²) < 4.78 is 18.4. The van der Waals surface area contributed by atoms with E-state index < -0.39 is 0 Å². The maximum absolute atomic E-state index is 12.9. The van der Waals surface area contributed by atoms with Gasteiger partial charge in [0.25, 0.3) is 0 Å². The van der Waals surface area contributed by atoms with Gasteiger partial charge in [0.1, 0.15) is 5.82 Å². The van der Waals surface area contributed by atoms with E-state index in [2.05, 4.69) is 0 Å². The van der Waals surface area contributed by atoms with E-state index in [4.69, 9.17) is 22.1 Å². The van der Waals surface area contributed by atoms with Crippen LogP contribution in [0.4, 0.5) is 4.39 Å². The molecule has 0 fully saturated rings. The molecule has 90 valence electrons. The summed E-state index contributed by atoms with van der Waals surface area (Å²) in [6.07, 6.45) is 0.625. The molecule has 0 radical (unpaired) electrons. The number of rotatable bonds is 6. The molecular formula is C12H17ClFNO. The highest BCUT2D eigenvalue weighted by Gasteiger charge is 2.13. The Balaban J connectivity index is 2.39. The second-order valence-electron chi connectivity index (χ2n) is 3.74. The summed E-state index contributed by atoms with van der Waals surface area (Å²) in [7, 11) is 0. The van der Waals surface area contributed by atoms with E-state index >= 15 is 0 Å². The lowest BCUT2D eigenvalue weighted by molar-refractivity contribution is 0.0492. The number of halogens is 2. The summed E-state index contributed by atoms with van der Waals surface area (Å²) in [4.78, 5) is 0. The van der Waals surface area contributed by atoms with Crippen LogP contribution in [0.15, 0.2) is 24.3 Å². The molecule has 0 bridgehead atoms. The van der Waals surface area contributed by atoms with Crippen LogP contribution in [0.3, 0.4) is 0 Å². The van der Waals surface area contributed by atoms with Crippen molar-refractivity contribution in [2.24, 2.45) is 5.73 Å². The third-order valence-electron chi connectivity index (χ3n) is 2.35. The van der Waals surface area contributed by atoms with Crippen LogP contribution in [0.1, 0.15) is 18.9 Å². The topological polar surface area (TPSA) is 35.2 Å². The van der Waals surface area contributed by atoms with E-state index in [9.17, 15) is 4.39 Å². The van der Waals surface area contributed by atoms with E-state index in [1.807, 2.05) is 13.0 Å². The number of alkyl halides is 1. The minimum Gasteiger partial charge on any atom is -0.372 e. The average Bonchev–Trinajstić information content (AvgIpc) is 2.26. The van der Waals surface area contributed by atoms with Crippen molar-refractivity contribution >= 4 is 11.6 Å². The Morgan fingerprint density at radius 3 is 2.88 bits per heavy atom. The Morgan fingerprint density at radius 2 is 2.25 bits per heavy atom. The van der Waals surface area contributed by atoms with Gasteiger partial charge in [-0.15, -0.1) is 11.6 Å². The summed E-state index contributed by atoms with van der Waals surface area (Å²) in [6.45, 7) is 2.81. The fraction of sp³-hybridized carbons (Fsp3) is 0.500. The highest BCUT2D eigenvalue weighted by atomic mass is 35.5. The van der Waals surface area contributed by atoms with Crippen molar-refractivity contribution in [2.75, 3.05) is 6.54 Å². The fourth-order valence-corrected chi connectivity index (χ4v) is 1.55. The van der Waals surface area contributed by atoms with E-state index in [0.717, 1.165) is 5.56 Å². The van der Waals surface area contributed by atoms with Gasteiger partial charge in [0.05, 0.1) is 18.1 Å². The maximum Gasteiger partial charge on any atom is 0.123 e. The molecule has 0 saturated carbocycles. The largest absolute Gasteiger partial charge is 0.372 e. The summed E-state index contributed by atoms with van der Waals surface area (Å²) in [5.74, 6) is -0.252. The molecule has 0 aliphatic heterocycles. The van der Waals surface area contributed by atoms with E-state index in [0.29, 0.717) is 19.6 Å². The zero-order valence-electron chi connectivity index (χ0n) is 9.33. The molecule has 0 saturated heterocycles. The molecule has 0 aliphatic rings. The van der Waals surface area contributed by atoms with Crippen molar-refractivity contribution < 1.29 is 9.13 Å². The molecule has 0 spiro atoms. The first-order valence-electron chi connectivity index (χ1n) is 5.33. The SMILES string of the molecule is CC(OCc1cccc(F)c1)C(Cl)CCN. The number of benzene rings is 1. The molecule has 2 nitrogen and oxygen atoms in total. The van der Waals surface area contributed by atoms with E-state index in [1.54, 1.807) is 6.07 Å². The lowest BCUT2D eigenvalue weighted by atomic mass is 10.2. The summed E-state index contributed by atoms with van der Waals surface area (Å²) in [5.41, 5.74) is 6.21. The molecule has 1 aromatic carbocycles. The number of hydrogen-bond acceptors (Lipinski definition) is 2. The van der Waals surface area contributed by atoms with Crippen LogP contribution in [0.2, 0.25) is 0 Å². The van der Waals surface area contributed by atoms with Crippen LogP contribution in [0.25, 0.3) is 0 Å². The van der Waals surface area contributed by atoms with Gasteiger partial charge in [0.2, 0.25) is 0 Å². The molecule has 0 aliphatic carbocycles. The van der Waals surface area contributed by atoms with Crippen LogP contribution in [-0.4, -0.2) is 18.0 Å². The second kappa shape index (κ2) is 6.84. The first-order valence-corrected chi connectivity index (χ1v) is 5.77. The summed E-state index contributed by atoms with van der Waals surface area (Å²) in [6, 6.07) is 6.35. The normalized spacial score (nSPS) is 14.8. The van der Waals surface area contributed by atoms with E-state index in [1.165, 1.54) is 12.1 Å². The first-order chi connectivity index (χ1) is 7.63. The number of nitrogens with two attached hydrogens (primary N) is 1. The van der Waals surface area contributed by atoms with Gasteiger partial charge < -0.3 is 10.5 Å². The molecule has 0 aromatic heterocycles. The Kier molecular flexibility index (Phi) is 5.74. The van der Waals surface area contributed by atoms with Gasteiger partial charge in [-0.05, 0) is 37.6 Å². The monoisotopic (exact) mass is 245 g/mol. The summed E-state index contributed by atoms with van der Waals surface area (Å²) in [5, 5.41) is -0.0986. The van der Waals surface area contributed by atoms with Gasteiger partial charge >= 0.3 is 0 Å². The third kappa shape index (κ3) is 4.47. The van der Waals surface area contributed by atoms with Crippen molar-refractivity contribution in [2.45, 2.75) is 31.4 Å². The van der Waals surface area contributed by atoms with Crippen molar-refractivity contribution in [3.8, 4) is 0 Å². The quantitative estimate of drug-likeness (QED) is 0.782. The predicted octanol–water partition coefficient (Wildman–Crippen LogP) is 2.69. The predicted molar refractivity (Wildman–Crippen MR) is 64.0 cm³/mol. The Labute approximate surface area is 101 Å². The molecule has 16 heavy (non-hydrogen) atoms. The molecule has 0 heterocycles. The molecular weight excluding hydrogens is 229 g/mol. The third-order valence-corrected chi connectivity index (χ3v) is 2.93. The summed E-state index contributed by atoms with van der Waals surface area (Å²) >= 11 is 6.05. The van der Waals surface area contributed by atoms with Crippen LogP contribution in [0, 0.1) is 5.82 Å². The van der Waals surface area contributed by atoms with E-state index in [-0.39, 0.29) is 17.3 Å². The van der Waals surface area contributed by atoms with Crippen molar-refractivity contribution in [3.63, 3.8) is 0 Å². The van der Waals surface area contributed by atoms with Crippen LogP contribution in [0.5, 0.6) is 0 Å².